The molecule has 2 N–H and O–H groups in total. The molecule has 4 rings (SSSR count). The maximum absolute atomic E-state index is 13.7. The predicted octanol–water partition coefficient (Wildman–Crippen LogP) is 4.01. The van der Waals surface area contributed by atoms with Crippen molar-refractivity contribution < 1.29 is 32.0 Å². The van der Waals surface area contributed by atoms with Crippen LogP contribution < -0.4 is 14.8 Å². The molecule has 40 heavy (non-hydrogen) atoms. The van der Waals surface area contributed by atoms with Gasteiger partial charge >= 0.3 is 0 Å². The first-order valence-corrected chi connectivity index (χ1v) is 14.2. The number of aromatic nitrogens is 2. The van der Waals surface area contributed by atoms with Crippen molar-refractivity contribution in [2.24, 2.45) is 0 Å². The minimum Gasteiger partial charge on any atom is -0.437 e. The Morgan fingerprint density at radius 2 is 2.02 bits per heavy atom. The molecule has 1 fully saturated rings. The number of sulfonamides is 1. The Hall–Kier alpha value is -3.88. The topological polar surface area (TPSA) is 155 Å². The second-order valence-corrected chi connectivity index (χ2v) is 11.1. The van der Waals surface area contributed by atoms with Crippen LogP contribution in [0.2, 0.25) is 0 Å². The van der Waals surface area contributed by atoms with Gasteiger partial charge in [-0.1, -0.05) is 6.92 Å². The highest BCUT2D eigenvalue weighted by Crippen LogP contribution is 2.36. The molecule has 12 nitrogen and oxygen atoms in total. The molecule has 214 valence electrons. The van der Waals surface area contributed by atoms with Crippen molar-refractivity contribution in [2.75, 3.05) is 13.2 Å². The third-order valence-corrected chi connectivity index (χ3v) is 8.08. The van der Waals surface area contributed by atoms with Crippen LogP contribution in [0.1, 0.15) is 49.2 Å². The first-order chi connectivity index (χ1) is 19.0. The van der Waals surface area contributed by atoms with Gasteiger partial charge in [0, 0.05) is 36.9 Å². The minimum absolute atomic E-state index is 0.00127. The van der Waals surface area contributed by atoms with E-state index in [1.54, 1.807) is 20.8 Å². The van der Waals surface area contributed by atoms with Crippen molar-refractivity contribution in [1.82, 2.24) is 19.8 Å². The lowest BCUT2D eigenvalue weighted by Crippen LogP contribution is -2.32. The normalized spacial score (nSPS) is 16.1. The van der Waals surface area contributed by atoms with Gasteiger partial charge in [-0.15, -0.1) is 0 Å². The molecular weight excluding hydrogens is 545 g/mol. The number of nitrogens with zero attached hydrogens (tertiary/aromatic N) is 3. The lowest BCUT2D eigenvalue weighted by atomic mass is 10.2. The molecule has 1 aromatic heterocycles. The van der Waals surface area contributed by atoms with Crippen LogP contribution in [-0.4, -0.2) is 54.3 Å². The summed E-state index contributed by atoms with van der Waals surface area (Å²) in [4.78, 5) is 23.4. The number of hydrogen-bond acceptors (Lipinski definition) is 8. The number of carbonyl (C=O) groups excluding carboxylic acids is 1. The number of hydrogen-bond donors (Lipinski definition) is 2. The Labute approximate surface area is 230 Å². The molecule has 2 heterocycles. The molecule has 1 amide bonds. The number of halogens is 1. The standard InChI is InChI=1S/C26H30FN5O7S/c1-4-16(2)30-40(36,37)23-14-20(32(34)35)11-12-22(23)39-26-17(3)24(25(33)28-15-21-6-5-13-38-21)29-31(26)19-9-7-18(27)8-10-19/h7-12,14,16,21,30H,4-6,13,15H2,1-3H3,(H,28,33)/t16-,21-/m0/s1. The molecule has 0 unspecified atom stereocenters. The van der Waals surface area contributed by atoms with Crippen LogP contribution in [0.3, 0.4) is 0 Å². The molecule has 0 bridgehead atoms. The average Bonchev–Trinajstić information content (AvgIpc) is 3.56. The van der Waals surface area contributed by atoms with Gasteiger partial charge in [-0.25, -0.2) is 17.5 Å². The molecule has 1 saturated heterocycles. The summed E-state index contributed by atoms with van der Waals surface area (Å²) in [6.45, 7) is 5.92. The number of benzene rings is 2. The van der Waals surface area contributed by atoms with Crippen molar-refractivity contribution >= 4 is 21.6 Å². The molecule has 0 spiro atoms. The predicted molar refractivity (Wildman–Crippen MR) is 143 cm³/mol. The fraction of sp³-hybridized carbons (Fsp3) is 0.385. The summed E-state index contributed by atoms with van der Waals surface area (Å²) >= 11 is 0. The Bertz CT molecular complexity index is 1500. The zero-order chi connectivity index (χ0) is 29.0. The largest absolute Gasteiger partial charge is 0.437 e. The van der Waals surface area contributed by atoms with Gasteiger partial charge in [0.2, 0.25) is 15.9 Å². The number of amides is 1. The highest BCUT2D eigenvalue weighted by atomic mass is 32.2. The number of nitro benzene ring substituents is 1. The molecule has 0 aliphatic carbocycles. The number of non-ortho nitro benzene ring substituents is 1. The first kappa shape index (κ1) is 29.1. The van der Waals surface area contributed by atoms with Crippen molar-refractivity contribution in [2.45, 2.75) is 57.1 Å². The van der Waals surface area contributed by atoms with Crippen molar-refractivity contribution in [3.05, 3.63) is 69.7 Å². The van der Waals surface area contributed by atoms with E-state index in [0.29, 0.717) is 18.7 Å². The Kier molecular flexibility index (Phi) is 8.81. The van der Waals surface area contributed by atoms with Gasteiger partial charge in [0.1, 0.15) is 16.5 Å². The monoisotopic (exact) mass is 575 g/mol. The third kappa shape index (κ3) is 6.46. The number of nitrogens with one attached hydrogen (secondary N) is 2. The summed E-state index contributed by atoms with van der Waals surface area (Å²) in [5, 5.41) is 18.6. The number of nitro groups is 1. The van der Waals surface area contributed by atoms with Crippen LogP contribution in [0.5, 0.6) is 11.6 Å². The second kappa shape index (κ2) is 12.1. The maximum atomic E-state index is 13.7. The van der Waals surface area contributed by atoms with Crippen LogP contribution >= 0.6 is 0 Å². The van der Waals surface area contributed by atoms with E-state index in [0.717, 1.165) is 25.0 Å². The van der Waals surface area contributed by atoms with Crippen molar-refractivity contribution in [3.63, 3.8) is 0 Å². The van der Waals surface area contributed by atoms with E-state index < -0.39 is 43.3 Å². The van der Waals surface area contributed by atoms with Crippen LogP contribution in [0.25, 0.3) is 5.69 Å². The van der Waals surface area contributed by atoms with E-state index >= 15 is 0 Å². The number of ether oxygens (including phenoxy) is 2. The Morgan fingerprint density at radius 1 is 1.30 bits per heavy atom. The zero-order valence-corrected chi connectivity index (χ0v) is 23.0. The van der Waals surface area contributed by atoms with E-state index in [2.05, 4.69) is 15.1 Å². The van der Waals surface area contributed by atoms with Gasteiger partial charge in [-0.3, -0.25) is 14.9 Å². The molecule has 2 aromatic carbocycles. The summed E-state index contributed by atoms with van der Waals surface area (Å²) in [6, 6.07) is 7.96. The summed E-state index contributed by atoms with van der Waals surface area (Å²) < 4.78 is 55.5. The van der Waals surface area contributed by atoms with E-state index in [4.69, 9.17) is 9.47 Å². The SMILES string of the molecule is CC[C@H](C)NS(=O)(=O)c1cc([N+](=O)[O-])ccc1Oc1c(C)c(C(=O)NC[C@@H]2CCCO2)nn1-c1ccc(F)cc1. The van der Waals surface area contributed by atoms with E-state index in [1.807, 2.05) is 0 Å². The van der Waals surface area contributed by atoms with E-state index in [9.17, 15) is 27.7 Å². The highest BCUT2D eigenvalue weighted by Gasteiger charge is 2.29. The first-order valence-electron chi connectivity index (χ1n) is 12.7. The van der Waals surface area contributed by atoms with E-state index in [1.165, 1.54) is 35.0 Å². The zero-order valence-electron chi connectivity index (χ0n) is 22.2. The lowest BCUT2D eigenvalue weighted by molar-refractivity contribution is -0.385. The van der Waals surface area contributed by atoms with Gasteiger partial charge in [0.15, 0.2) is 5.69 Å². The fourth-order valence-corrected chi connectivity index (χ4v) is 5.56. The summed E-state index contributed by atoms with van der Waals surface area (Å²) in [5.41, 5.74) is 0.156. The second-order valence-electron chi connectivity index (χ2n) is 9.43. The molecule has 3 aromatic rings. The molecule has 0 saturated carbocycles. The van der Waals surface area contributed by atoms with Crippen LogP contribution in [0.4, 0.5) is 10.1 Å². The smallest absolute Gasteiger partial charge is 0.272 e. The Morgan fingerprint density at radius 3 is 2.65 bits per heavy atom. The van der Waals surface area contributed by atoms with Gasteiger partial charge in [-0.2, -0.15) is 9.78 Å². The molecule has 14 heteroatoms. The third-order valence-electron chi connectivity index (χ3n) is 6.47. The molecule has 1 aliphatic rings. The number of carbonyl (C=O) groups is 1. The summed E-state index contributed by atoms with van der Waals surface area (Å²) in [7, 11) is -4.25. The van der Waals surface area contributed by atoms with Crippen molar-refractivity contribution in [3.8, 4) is 17.3 Å². The van der Waals surface area contributed by atoms with E-state index in [-0.39, 0.29) is 35.5 Å². The Balaban J connectivity index is 1.78. The highest BCUT2D eigenvalue weighted by molar-refractivity contribution is 7.89. The van der Waals surface area contributed by atoms with Gasteiger partial charge in [0.05, 0.1) is 16.7 Å². The summed E-state index contributed by atoms with van der Waals surface area (Å²) in [5.74, 6) is -1.25. The van der Waals surface area contributed by atoms with Crippen LogP contribution in [0, 0.1) is 22.9 Å². The molecule has 0 radical (unpaired) electrons. The maximum Gasteiger partial charge on any atom is 0.272 e. The number of rotatable bonds is 11. The average molecular weight is 576 g/mol. The van der Waals surface area contributed by atoms with Gasteiger partial charge in [0.25, 0.3) is 11.6 Å². The fourth-order valence-electron chi connectivity index (χ4n) is 4.09. The quantitative estimate of drug-likeness (QED) is 0.257. The van der Waals surface area contributed by atoms with Crippen LogP contribution in [-0.2, 0) is 14.8 Å². The van der Waals surface area contributed by atoms with Gasteiger partial charge < -0.3 is 14.8 Å². The molecular formula is C26H30FN5O7S. The molecule has 2 atom stereocenters. The molecule has 1 aliphatic heterocycles. The van der Waals surface area contributed by atoms with Gasteiger partial charge in [-0.05, 0) is 63.4 Å². The van der Waals surface area contributed by atoms with Crippen molar-refractivity contribution in [1.29, 1.82) is 0 Å². The lowest BCUT2D eigenvalue weighted by Gasteiger charge is -2.16. The summed E-state index contributed by atoms with van der Waals surface area (Å²) in [6.07, 6.45) is 2.10. The minimum atomic E-state index is -4.25. The van der Waals surface area contributed by atoms with Crippen LogP contribution in [0.15, 0.2) is 47.4 Å².